The number of rotatable bonds is 8. The van der Waals surface area contributed by atoms with Gasteiger partial charge in [0.1, 0.15) is 0 Å². The van der Waals surface area contributed by atoms with Gasteiger partial charge in [0, 0.05) is 31.7 Å². The Balaban J connectivity index is 1.42. The van der Waals surface area contributed by atoms with Crippen molar-refractivity contribution in [1.29, 1.82) is 0 Å². The fourth-order valence-electron chi connectivity index (χ4n) is 4.05. The zero-order valence-electron chi connectivity index (χ0n) is 20.1. The summed E-state index contributed by atoms with van der Waals surface area (Å²) >= 11 is 0. The van der Waals surface area contributed by atoms with Crippen LogP contribution in [0.15, 0.2) is 71.6 Å². The van der Waals surface area contributed by atoms with Crippen molar-refractivity contribution < 1.29 is 17.9 Å². The molecule has 35 heavy (non-hydrogen) atoms. The van der Waals surface area contributed by atoms with Crippen LogP contribution in [0.5, 0.6) is 0 Å². The molecular weight excluding hydrogens is 462 g/mol. The molecule has 1 heterocycles. The number of ether oxygens (including phenoxy) is 1. The van der Waals surface area contributed by atoms with E-state index in [1.54, 1.807) is 49.4 Å². The zero-order chi connectivity index (χ0) is 24.8. The monoisotopic (exact) mass is 493 g/mol. The van der Waals surface area contributed by atoms with E-state index < -0.39 is 10.0 Å². The molecule has 0 atom stereocenters. The molecule has 0 aliphatic carbocycles. The molecule has 0 aromatic heterocycles. The van der Waals surface area contributed by atoms with Gasteiger partial charge in [0.05, 0.1) is 23.8 Å². The molecule has 0 spiro atoms. The molecule has 8 heteroatoms. The molecule has 0 bridgehead atoms. The average Bonchev–Trinajstić information content (AvgIpc) is 2.85. The Morgan fingerprint density at radius 1 is 0.943 bits per heavy atom. The summed E-state index contributed by atoms with van der Waals surface area (Å²) in [5.41, 5.74) is 4.57. The Morgan fingerprint density at radius 2 is 1.63 bits per heavy atom. The Hall–Kier alpha value is -3.20. The van der Waals surface area contributed by atoms with Crippen LogP contribution in [0.3, 0.4) is 0 Å². The highest BCUT2D eigenvalue weighted by Crippen LogP contribution is 2.23. The van der Waals surface area contributed by atoms with Crippen LogP contribution in [0, 0.1) is 13.8 Å². The molecule has 1 aliphatic rings. The molecule has 7 nitrogen and oxygen atoms in total. The fraction of sp³-hybridized carbons (Fsp3) is 0.296. The number of nitrogens with one attached hydrogen (secondary N) is 2. The van der Waals surface area contributed by atoms with Crippen molar-refractivity contribution in [2.45, 2.75) is 31.8 Å². The van der Waals surface area contributed by atoms with Crippen molar-refractivity contribution in [3.05, 3.63) is 94.5 Å². The van der Waals surface area contributed by atoms with E-state index in [9.17, 15) is 13.2 Å². The van der Waals surface area contributed by atoms with Crippen LogP contribution >= 0.6 is 0 Å². The second kappa shape index (κ2) is 11.0. The summed E-state index contributed by atoms with van der Waals surface area (Å²) in [5, 5.41) is 2.97. The maximum atomic E-state index is 13.0. The molecule has 184 valence electrons. The van der Waals surface area contributed by atoms with Gasteiger partial charge >= 0.3 is 0 Å². The molecule has 1 aliphatic heterocycles. The van der Waals surface area contributed by atoms with Crippen LogP contribution in [0.2, 0.25) is 0 Å². The molecule has 0 radical (unpaired) electrons. The molecule has 3 aromatic rings. The van der Waals surface area contributed by atoms with Gasteiger partial charge in [0.2, 0.25) is 0 Å². The molecule has 3 aromatic carbocycles. The number of aryl methyl sites for hydroxylation is 1. The second-order valence-electron chi connectivity index (χ2n) is 8.79. The Labute approximate surface area is 207 Å². The minimum Gasteiger partial charge on any atom is -0.379 e. The van der Waals surface area contributed by atoms with E-state index in [0.29, 0.717) is 23.4 Å². The third-order valence-corrected chi connectivity index (χ3v) is 7.49. The number of morpholine rings is 1. The lowest BCUT2D eigenvalue weighted by Crippen LogP contribution is -2.35. The Bertz CT molecular complexity index is 1280. The van der Waals surface area contributed by atoms with Crippen LogP contribution in [0.25, 0.3) is 0 Å². The lowest BCUT2D eigenvalue weighted by atomic mass is 10.1. The molecule has 2 N–H and O–H groups in total. The van der Waals surface area contributed by atoms with Gasteiger partial charge in [-0.15, -0.1) is 0 Å². The maximum absolute atomic E-state index is 13.0. The number of hydrogen-bond acceptors (Lipinski definition) is 5. The summed E-state index contributed by atoms with van der Waals surface area (Å²) in [6, 6.07) is 19.9. The number of amides is 1. The first-order valence-electron chi connectivity index (χ1n) is 11.7. The maximum Gasteiger partial charge on any atom is 0.261 e. The molecule has 0 unspecified atom stereocenters. The van der Waals surface area contributed by atoms with E-state index in [2.05, 4.69) is 27.1 Å². The summed E-state index contributed by atoms with van der Waals surface area (Å²) in [6.45, 7) is 8.24. The predicted octanol–water partition coefficient (Wildman–Crippen LogP) is 3.87. The SMILES string of the molecule is Cc1ccc(S(=O)(=O)Nc2cccc(C(=O)NCc3cccc(CN4CCOCC4)c3)c2C)cc1. The summed E-state index contributed by atoms with van der Waals surface area (Å²) in [6.07, 6.45) is 0. The van der Waals surface area contributed by atoms with Gasteiger partial charge in [0.25, 0.3) is 15.9 Å². The highest BCUT2D eigenvalue weighted by atomic mass is 32.2. The summed E-state index contributed by atoms with van der Waals surface area (Å²) < 4.78 is 33.6. The number of hydrogen-bond donors (Lipinski definition) is 2. The summed E-state index contributed by atoms with van der Waals surface area (Å²) in [4.78, 5) is 15.5. The van der Waals surface area contributed by atoms with E-state index in [0.717, 1.165) is 44.0 Å². The fourth-order valence-corrected chi connectivity index (χ4v) is 5.17. The van der Waals surface area contributed by atoms with Crippen LogP contribution in [0.1, 0.15) is 32.6 Å². The molecule has 1 amide bonds. The van der Waals surface area contributed by atoms with Gasteiger partial charge in [-0.3, -0.25) is 14.4 Å². The van der Waals surface area contributed by atoms with Crippen molar-refractivity contribution >= 4 is 21.6 Å². The van der Waals surface area contributed by atoms with Crippen LogP contribution < -0.4 is 10.0 Å². The quantitative estimate of drug-likeness (QED) is 0.498. The lowest BCUT2D eigenvalue weighted by Gasteiger charge is -2.26. The molecule has 1 saturated heterocycles. The third kappa shape index (κ3) is 6.48. The third-order valence-electron chi connectivity index (χ3n) is 6.11. The molecule has 0 saturated carbocycles. The van der Waals surface area contributed by atoms with Gasteiger partial charge in [-0.2, -0.15) is 0 Å². The van der Waals surface area contributed by atoms with Gasteiger partial charge in [-0.1, -0.05) is 48.0 Å². The second-order valence-corrected chi connectivity index (χ2v) is 10.5. The minimum atomic E-state index is -3.76. The van der Waals surface area contributed by atoms with E-state index in [1.807, 2.05) is 19.1 Å². The smallest absolute Gasteiger partial charge is 0.261 e. The van der Waals surface area contributed by atoms with Crippen molar-refractivity contribution in [3.63, 3.8) is 0 Å². The molecular formula is C27H31N3O4S. The minimum absolute atomic E-state index is 0.175. The summed E-state index contributed by atoms with van der Waals surface area (Å²) in [5.74, 6) is -0.252. The highest BCUT2D eigenvalue weighted by Gasteiger charge is 2.18. The highest BCUT2D eigenvalue weighted by molar-refractivity contribution is 7.92. The number of carbonyl (C=O) groups is 1. The van der Waals surface area contributed by atoms with Gasteiger partial charge in [-0.25, -0.2) is 8.42 Å². The summed E-state index contributed by atoms with van der Waals surface area (Å²) in [7, 11) is -3.76. The standard InChI is InChI=1S/C27H31N3O4S/c1-20-9-11-24(12-10-20)35(32,33)29-26-8-4-7-25(21(26)2)27(31)28-18-22-5-3-6-23(17-22)19-30-13-15-34-16-14-30/h3-12,17,29H,13-16,18-19H2,1-2H3,(H,28,31). The number of benzene rings is 3. The number of carbonyl (C=O) groups excluding carboxylic acids is 1. The van der Waals surface area contributed by atoms with Crippen molar-refractivity contribution in [2.75, 3.05) is 31.0 Å². The van der Waals surface area contributed by atoms with E-state index >= 15 is 0 Å². The normalized spacial score (nSPS) is 14.5. The average molecular weight is 494 g/mol. The van der Waals surface area contributed by atoms with Crippen LogP contribution in [-0.2, 0) is 27.8 Å². The Morgan fingerprint density at radius 3 is 2.37 bits per heavy atom. The van der Waals surface area contributed by atoms with Crippen molar-refractivity contribution in [3.8, 4) is 0 Å². The van der Waals surface area contributed by atoms with E-state index in [4.69, 9.17) is 4.74 Å². The number of anilines is 1. The van der Waals surface area contributed by atoms with Gasteiger partial charge in [0.15, 0.2) is 0 Å². The zero-order valence-corrected chi connectivity index (χ0v) is 20.9. The first kappa shape index (κ1) is 24.9. The molecule has 1 fully saturated rings. The lowest BCUT2D eigenvalue weighted by molar-refractivity contribution is 0.0342. The van der Waals surface area contributed by atoms with Crippen LogP contribution in [0.4, 0.5) is 5.69 Å². The van der Waals surface area contributed by atoms with Gasteiger partial charge < -0.3 is 10.1 Å². The van der Waals surface area contributed by atoms with E-state index in [1.165, 1.54) is 5.56 Å². The van der Waals surface area contributed by atoms with Crippen molar-refractivity contribution in [1.82, 2.24) is 10.2 Å². The van der Waals surface area contributed by atoms with Crippen LogP contribution in [-0.4, -0.2) is 45.5 Å². The number of nitrogens with zero attached hydrogens (tertiary/aromatic N) is 1. The first-order valence-corrected chi connectivity index (χ1v) is 13.2. The van der Waals surface area contributed by atoms with Gasteiger partial charge in [-0.05, 0) is 54.8 Å². The predicted molar refractivity (Wildman–Crippen MR) is 137 cm³/mol. The van der Waals surface area contributed by atoms with E-state index in [-0.39, 0.29) is 10.8 Å². The first-order chi connectivity index (χ1) is 16.8. The Kier molecular flexibility index (Phi) is 7.85. The number of sulfonamides is 1. The molecule has 4 rings (SSSR count). The largest absolute Gasteiger partial charge is 0.379 e. The van der Waals surface area contributed by atoms with Crippen molar-refractivity contribution in [2.24, 2.45) is 0 Å². The topological polar surface area (TPSA) is 87.7 Å².